The molecule has 1 saturated heterocycles. The first-order valence-electron chi connectivity index (χ1n) is 11.8. The third-order valence-corrected chi connectivity index (χ3v) is 7.46. The number of rotatable bonds is 5. The highest BCUT2D eigenvalue weighted by atomic mass is 32.2. The minimum Gasteiger partial charge on any atom is -0.355 e. The number of hydrogen-bond acceptors (Lipinski definition) is 5. The number of benzene rings is 3. The lowest BCUT2D eigenvalue weighted by atomic mass is 9.73. The molecule has 2 aliphatic rings. The smallest absolute Gasteiger partial charge is 0.229 e. The van der Waals surface area contributed by atoms with Gasteiger partial charge in [-0.05, 0) is 58.1 Å². The van der Waals surface area contributed by atoms with Crippen LogP contribution in [0.4, 0.5) is 17.1 Å². The Hall–Kier alpha value is -2.87. The molecule has 0 saturated carbocycles. The van der Waals surface area contributed by atoms with Crippen LogP contribution in [0.2, 0.25) is 0 Å². The van der Waals surface area contributed by atoms with E-state index in [9.17, 15) is 8.42 Å². The molecule has 3 aromatic rings. The van der Waals surface area contributed by atoms with Crippen molar-refractivity contribution in [3.8, 4) is 11.1 Å². The Bertz CT molecular complexity index is 1310. The minimum atomic E-state index is -3.29. The van der Waals surface area contributed by atoms with Gasteiger partial charge in [-0.3, -0.25) is 9.62 Å². The van der Waals surface area contributed by atoms with Crippen LogP contribution in [0.25, 0.3) is 11.1 Å². The summed E-state index contributed by atoms with van der Waals surface area (Å²) in [7, 11) is -3.29. The molecule has 0 amide bonds. The Morgan fingerprint density at radius 3 is 2.18 bits per heavy atom. The van der Waals surface area contributed by atoms with E-state index < -0.39 is 10.0 Å². The normalized spacial score (nSPS) is 17.4. The number of anilines is 3. The summed E-state index contributed by atoms with van der Waals surface area (Å²) in [5.41, 5.74) is 8.81. The Labute approximate surface area is 202 Å². The van der Waals surface area contributed by atoms with Gasteiger partial charge in [0, 0.05) is 55.2 Å². The standard InChI is InChI=1S/C27H32N4O2S/c1-27(2)23-16-19(18-31-14-12-28-13-15-31)4-10-25(23)29-26-11-7-21(17-24(26)27)20-5-8-22(9-6-20)30-34(3,32)33/h4-11,16-17,28-30H,12-15,18H2,1-3H3. The molecule has 1 fully saturated rings. The molecule has 2 heterocycles. The first-order chi connectivity index (χ1) is 16.2. The summed E-state index contributed by atoms with van der Waals surface area (Å²) in [6.45, 7) is 9.85. The zero-order valence-electron chi connectivity index (χ0n) is 20.0. The number of sulfonamides is 1. The molecule has 0 atom stereocenters. The van der Waals surface area contributed by atoms with Crippen LogP contribution in [-0.2, 0) is 22.0 Å². The molecule has 2 aliphatic heterocycles. The Balaban J connectivity index is 1.44. The van der Waals surface area contributed by atoms with Crippen LogP contribution < -0.4 is 15.4 Å². The fraction of sp³-hybridized carbons (Fsp3) is 0.333. The lowest BCUT2D eigenvalue weighted by molar-refractivity contribution is 0.233. The van der Waals surface area contributed by atoms with Gasteiger partial charge in [-0.2, -0.15) is 0 Å². The molecule has 178 valence electrons. The summed E-state index contributed by atoms with van der Waals surface area (Å²) >= 11 is 0. The molecule has 0 spiro atoms. The summed E-state index contributed by atoms with van der Waals surface area (Å²) in [6, 6.07) is 20.9. The van der Waals surface area contributed by atoms with Crippen LogP contribution in [-0.4, -0.2) is 45.8 Å². The lowest BCUT2D eigenvalue weighted by Crippen LogP contribution is -2.42. The Morgan fingerprint density at radius 2 is 1.50 bits per heavy atom. The van der Waals surface area contributed by atoms with Crippen LogP contribution in [0.1, 0.15) is 30.5 Å². The van der Waals surface area contributed by atoms with Crippen molar-refractivity contribution in [1.82, 2.24) is 10.2 Å². The summed E-state index contributed by atoms with van der Waals surface area (Å²) < 4.78 is 25.5. The van der Waals surface area contributed by atoms with Crippen molar-refractivity contribution in [1.29, 1.82) is 0 Å². The molecule has 0 bridgehead atoms. The maximum absolute atomic E-state index is 11.5. The van der Waals surface area contributed by atoms with Gasteiger partial charge in [-0.1, -0.05) is 44.2 Å². The SMILES string of the molecule is CC1(C)c2cc(CN3CCNCC3)ccc2Nc2ccc(-c3ccc(NS(C)(=O)=O)cc3)cc21. The van der Waals surface area contributed by atoms with E-state index in [-0.39, 0.29) is 5.41 Å². The predicted molar refractivity (Wildman–Crippen MR) is 140 cm³/mol. The molecule has 7 heteroatoms. The van der Waals surface area contributed by atoms with E-state index in [0.717, 1.165) is 55.8 Å². The van der Waals surface area contributed by atoms with E-state index in [1.165, 1.54) is 22.4 Å². The quantitative estimate of drug-likeness (QED) is 0.505. The van der Waals surface area contributed by atoms with Gasteiger partial charge in [0.2, 0.25) is 10.0 Å². The number of nitrogens with zero attached hydrogens (tertiary/aromatic N) is 1. The molecule has 0 aromatic heterocycles. The first-order valence-corrected chi connectivity index (χ1v) is 13.6. The van der Waals surface area contributed by atoms with E-state index in [1.54, 1.807) is 12.1 Å². The molecule has 0 unspecified atom stereocenters. The monoisotopic (exact) mass is 476 g/mol. The van der Waals surface area contributed by atoms with E-state index in [2.05, 4.69) is 70.5 Å². The molecule has 5 rings (SSSR count). The first kappa shape index (κ1) is 22.9. The maximum Gasteiger partial charge on any atom is 0.229 e. The van der Waals surface area contributed by atoms with Crippen LogP contribution in [0.3, 0.4) is 0 Å². The zero-order chi connectivity index (χ0) is 23.9. The maximum atomic E-state index is 11.5. The van der Waals surface area contributed by atoms with Gasteiger partial charge in [0.1, 0.15) is 0 Å². The van der Waals surface area contributed by atoms with Gasteiger partial charge in [0.15, 0.2) is 0 Å². The van der Waals surface area contributed by atoms with Crippen molar-refractivity contribution in [3.05, 3.63) is 77.4 Å². The number of piperazine rings is 1. The average molecular weight is 477 g/mol. The second-order valence-corrected chi connectivity index (χ2v) is 11.6. The Morgan fingerprint density at radius 1 is 0.882 bits per heavy atom. The molecule has 3 N–H and O–H groups in total. The van der Waals surface area contributed by atoms with E-state index in [4.69, 9.17) is 0 Å². The van der Waals surface area contributed by atoms with Gasteiger partial charge in [0.05, 0.1) is 6.26 Å². The van der Waals surface area contributed by atoms with Crippen LogP contribution in [0.15, 0.2) is 60.7 Å². The topological polar surface area (TPSA) is 73.5 Å². The second kappa shape index (κ2) is 8.73. The number of fused-ring (bicyclic) bond motifs is 2. The highest BCUT2D eigenvalue weighted by Gasteiger charge is 2.33. The summed E-state index contributed by atoms with van der Waals surface area (Å²) in [5.74, 6) is 0. The molecular weight excluding hydrogens is 444 g/mol. The van der Waals surface area contributed by atoms with Crippen LogP contribution in [0.5, 0.6) is 0 Å². The van der Waals surface area contributed by atoms with Gasteiger partial charge in [0.25, 0.3) is 0 Å². The van der Waals surface area contributed by atoms with Gasteiger partial charge >= 0.3 is 0 Å². The molecular formula is C27H32N4O2S. The van der Waals surface area contributed by atoms with Crippen molar-refractivity contribution < 1.29 is 8.42 Å². The largest absolute Gasteiger partial charge is 0.355 e. The van der Waals surface area contributed by atoms with E-state index >= 15 is 0 Å². The summed E-state index contributed by atoms with van der Waals surface area (Å²) in [6.07, 6.45) is 1.16. The van der Waals surface area contributed by atoms with E-state index in [1.807, 2.05) is 12.1 Å². The molecule has 34 heavy (non-hydrogen) atoms. The summed E-state index contributed by atoms with van der Waals surface area (Å²) in [5, 5.41) is 7.06. The van der Waals surface area contributed by atoms with Gasteiger partial charge in [-0.15, -0.1) is 0 Å². The van der Waals surface area contributed by atoms with Crippen LogP contribution in [0, 0.1) is 0 Å². The number of hydrogen-bond donors (Lipinski definition) is 3. The summed E-state index contributed by atoms with van der Waals surface area (Å²) in [4.78, 5) is 2.51. The molecule has 6 nitrogen and oxygen atoms in total. The number of nitrogens with one attached hydrogen (secondary N) is 3. The molecule has 0 aliphatic carbocycles. The molecule has 3 aromatic carbocycles. The van der Waals surface area contributed by atoms with Crippen molar-refractivity contribution in [2.24, 2.45) is 0 Å². The van der Waals surface area contributed by atoms with Gasteiger partial charge in [-0.25, -0.2) is 8.42 Å². The average Bonchev–Trinajstić information content (AvgIpc) is 2.80. The predicted octanol–water partition coefficient (Wildman–Crippen LogP) is 4.51. The van der Waals surface area contributed by atoms with Gasteiger partial charge < -0.3 is 10.6 Å². The fourth-order valence-electron chi connectivity index (χ4n) is 5.03. The van der Waals surface area contributed by atoms with Crippen molar-refractivity contribution >= 4 is 27.1 Å². The van der Waals surface area contributed by atoms with Crippen molar-refractivity contribution in [3.63, 3.8) is 0 Å². The molecule has 0 radical (unpaired) electrons. The lowest BCUT2D eigenvalue weighted by Gasteiger charge is -2.37. The second-order valence-electron chi connectivity index (χ2n) is 9.87. The minimum absolute atomic E-state index is 0.150. The van der Waals surface area contributed by atoms with Crippen LogP contribution >= 0.6 is 0 Å². The van der Waals surface area contributed by atoms with Crippen molar-refractivity contribution in [2.45, 2.75) is 25.8 Å². The third kappa shape index (κ3) is 4.69. The third-order valence-electron chi connectivity index (χ3n) is 6.86. The highest BCUT2D eigenvalue weighted by molar-refractivity contribution is 7.92. The van der Waals surface area contributed by atoms with Crippen molar-refractivity contribution in [2.75, 3.05) is 42.5 Å². The highest BCUT2D eigenvalue weighted by Crippen LogP contribution is 2.46. The zero-order valence-corrected chi connectivity index (χ0v) is 20.8. The Kier molecular flexibility index (Phi) is 5.88. The van der Waals surface area contributed by atoms with E-state index in [0.29, 0.717) is 5.69 Å². The fourth-order valence-corrected chi connectivity index (χ4v) is 5.59.